The summed E-state index contributed by atoms with van der Waals surface area (Å²) in [7, 11) is 0. The molecule has 6 rings (SSSR count). The van der Waals surface area contributed by atoms with Gasteiger partial charge in [0.15, 0.2) is 11.5 Å². The minimum Gasteiger partial charge on any atom is -0.340 e. The number of nitrogens with one attached hydrogen (secondary N) is 1. The topological polar surface area (TPSA) is 120 Å². The fraction of sp³-hybridized carbons (Fsp3) is 0.222. The van der Waals surface area contributed by atoms with E-state index in [1.54, 1.807) is 40.4 Å². The summed E-state index contributed by atoms with van der Waals surface area (Å²) in [6.07, 6.45) is 9.67. The summed E-state index contributed by atoms with van der Waals surface area (Å²) < 4.78 is 3.20. The van der Waals surface area contributed by atoms with Crippen LogP contribution in [0, 0.1) is 0 Å². The smallest absolute Gasteiger partial charge is 0.289 e. The molecule has 5 aromatic rings. The number of hydrogen-bond acceptors (Lipinski definition) is 7. The Hall–Kier alpha value is -4.73. The lowest BCUT2D eigenvalue weighted by Gasteiger charge is -2.18. The molecule has 1 fully saturated rings. The van der Waals surface area contributed by atoms with Gasteiger partial charge in [0.25, 0.3) is 11.5 Å². The number of pyridine rings is 1. The number of aromatic nitrogens is 7. The average molecular weight is 493 g/mol. The highest BCUT2D eigenvalue weighted by molar-refractivity contribution is 5.93. The Morgan fingerprint density at radius 2 is 1.84 bits per heavy atom. The molecule has 10 nitrogen and oxygen atoms in total. The molecule has 1 N–H and O–H groups in total. The molecule has 0 atom stereocenters. The van der Waals surface area contributed by atoms with Gasteiger partial charge in [0.2, 0.25) is 5.82 Å². The number of nitrogens with zero attached hydrogens (tertiary/aromatic N) is 7. The van der Waals surface area contributed by atoms with Gasteiger partial charge in [-0.25, -0.2) is 19.9 Å². The first-order chi connectivity index (χ1) is 17.9. The first-order valence-corrected chi connectivity index (χ1v) is 12.1. The van der Waals surface area contributed by atoms with Crippen molar-refractivity contribution in [3.63, 3.8) is 0 Å². The van der Waals surface area contributed by atoms with Crippen molar-refractivity contribution >= 4 is 16.9 Å². The van der Waals surface area contributed by atoms with Crippen LogP contribution in [0.5, 0.6) is 0 Å². The number of amides is 1. The normalized spacial score (nSPS) is 14.1. The molecular weight excluding hydrogens is 468 g/mol. The van der Waals surface area contributed by atoms with Gasteiger partial charge in [-0.05, 0) is 49.9 Å². The van der Waals surface area contributed by atoms with Crippen molar-refractivity contribution in [2.24, 2.45) is 0 Å². The first-order valence-electron chi connectivity index (χ1n) is 12.1. The maximum Gasteiger partial charge on any atom is 0.289 e. The van der Waals surface area contributed by atoms with Crippen molar-refractivity contribution in [2.45, 2.75) is 38.3 Å². The number of rotatable bonds is 6. The van der Waals surface area contributed by atoms with E-state index in [9.17, 15) is 9.59 Å². The molecule has 1 aliphatic rings. The maximum atomic E-state index is 13.2. The molecule has 1 aromatic carbocycles. The van der Waals surface area contributed by atoms with Crippen LogP contribution >= 0.6 is 0 Å². The van der Waals surface area contributed by atoms with E-state index in [4.69, 9.17) is 0 Å². The second kappa shape index (κ2) is 8.74. The molecule has 184 valence electrons. The second-order valence-corrected chi connectivity index (χ2v) is 9.44. The number of hydrogen-bond donors (Lipinski definition) is 1. The molecule has 0 bridgehead atoms. The fourth-order valence-electron chi connectivity index (χ4n) is 4.42. The van der Waals surface area contributed by atoms with Crippen LogP contribution in [0.3, 0.4) is 0 Å². The lowest BCUT2D eigenvalue weighted by atomic mass is 10.0. The minimum absolute atomic E-state index is 0.0215. The molecule has 0 unspecified atom stereocenters. The summed E-state index contributed by atoms with van der Waals surface area (Å²) in [6, 6.07) is 13.2. The Balaban J connectivity index is 1.25. The van der Waals surface area contributed by atoms with Gasteiger partial charge in [-0.15, -0.1) is 0 Å². The second-order valence-electron chi connectivity index (χ2n) is 9.44. The number of fused-ring (bicyclic) bond motifs is 1. The Morgan fingerprint density at radius 1 is 1.03 bits per heavy atom. The first kappa shape index (κ1) is 22.7. The summed E-state index contributed by atoms with van der Waals surface area (Å²) in [5, 5.41) is 8.18. The molecule has 4 heterocycles. The summed E-state index contributed by atoms with van der Waals surface area (Å²) in [5.41, 5.74) is 2.25. The fourth-order valence-corrected chi connectivity index (χ4v) is 4.42. The molecule has 0 spiro atoms. The highest BCUT2D eigenvalue weighted by atomic mass is 16.2. The minimum atomic E-state index is -0.484. The van der Waals surface area contributed by atoms with Gasteiger partial charge in [0.05, 0.1) is 29.0 Å². The van der Waals surface area contributed by atoms with Gasteiger partial charge in [-0.1, -0.05) is 30.3 Å². The summed E-state index contributed by atoms with van der Waals surface area (Å²) >= 11 is 0. The highest BCUT2D eigenvalue weighted by Gasteiger charge is 2.46. The van der Waals surface area contributed by atoms with Crippen LogP contribution in [0.2, 0.25) is 0 Å². The van der Waals surface area contributed by atoms with Gasteiger partial charge in [-0.3, -0.25) is 14.2 Å². The van der Waals surface area contributed by atoms with E-state index >= 15 is 0 Å². The van der Waals surface area contributed by atoms with Gasteiger partial charge in [0.1, 0.15) is 0 Å². The maximum absolute atomic E-state index is 13.2. The van der Waals surface area contributed by atoms with Crippen LogP contribution in [0.15, 0.2) is 78.4 Å². The van der Waals surface area contributed by atoms with Crippen molar-refractivity contribution in [3.05, 3.63) is 95.3 Å². The van der Waals surface area contributed by atoms with Gasteiger partial charge in [0, 0.05) is 24.6 Å². The van der Waals surface area contributed by atoms with Crippen LogP contribution in [0.1, 0.15) is 48.9 Å². The Labute approximate surface area is 212 Å². The van der Waals surface area contributed by atoms with Crippen molar-refractivity contribution in [3.8, 4) is 16.9 Å². The van der Waals surface area contributed by atoms with Crippen LogP contribution in [0.25, 0.3) is 28.0 Å². The number of carbonyl (C=O) groups excluding carboxylic acids is 1. The predicted molar refractivity (Wildman–Crippen MR) is 137 cm³/mol. The van der Waals surface area contributed by atoms with E-state index in [1.165, 1.54) is 0 Å². The van der Waals surface area contributed by atoms with Crippen LogP contribution < -0.4 is 10.9 Å². The lowest BCUT2D eigenvalue weighted by molar-refractivity contribution is 0.0920. The molecule has 10 heteroatoms. The van der Waals surface area contributed by atoms with Crippen LogP contribution in [-0.2, 0) is 5.54 Å². The SMILES string of the molecule is CC(C)n1cncc(-c2ccc(C3(NC(=O)c4ncc5cnn(-c6ccccn6)c5n4)CC3)cc2)c1=O. The molecule has 0 aliphatic heterocycles. The molecule has 1 aliphatic carbocycles. The molecule has 1 amide bonds. The van der Waals surface area contributed by atoms with E-state index < -0.39 is 5.54 Å². The van der Waals surface area contributed by atoms with Crippen LogP contribution in [-0.4, -0.2) is 40.2 Å². The van der Waals surface area contributed by atoms with Gasteiger partial charge >= 0.3 is 0 Å². The molecule has 0 radical (unpaired) electrons. The van der Waals surface area contributed by atoms with Crippen LogP contribution in [0.4, 0.5) is 0 Å². The quantitative estimate of drug-likeness (QED) is 0.385. The van der Waals surface area contributed by atoms with Crippen molar-refractivity contribution in [1.82, 2.24) is 39.6 Å². The van der Waals surface area contributed by atoms with Crippen molar-refractivity contribution in [2.75, 3.05) is 0 Å². The van der Waals surface area contributed by atoms with E-state index in [-0.39, 0.29) is 23.3 Å². The molecule has 4 aromatic heterocycles. The molecule has 1 saturated carbocycles. The lowest BCUT2D eigenvalue weighted by Crippen LogP contribution is -2.36. The third-order valence-corrected chi connectivity index (χ3v) is 6.65. The molecule has 0 saturated heterocycles. The van der Waals surface area contributed by atoms with E-state index in [2.05, 4.69) is 30.4 Å². The summed E-state index contributed by atoms with van der Waals surface area (Å²) in [6.45, 7) is 3.90. The Morgan fingerprint density at radius 3 is 2.54 bits per heavy atom. The van der Waals surface area contributed by atoms with E-state index in [1.807, 2.05) is 56.3 Å². The predicted octanol–water partition coefficient (Wildman–Crippen LogP) is 3.43. The summed E-state index contributed by atoms with van der Waals surface area (Å²) in [4.78, 5) is 43.3. The standard InChI is InChI=1S/C27H24N8O2/c1-17(2)34-16-28-15-21(26(34)37)18-6-8-20(9-7-18)27(10-11-27)33-25(36)23-30-13-19-14-31-35(24(19)32-23)22-5-3-4-12-29-22/h3-9,12-17H,10-11H2,1-2H3,(H,33,36). The Bertz CT molecular complexity index is 1670. The Kier molecular flexibility index (Phi) is 5.36. The van der Waals surface area contributed by atoms with E-state index in [0.717, 1.165) is 24.0 Å². The highest BCUT2D eigenvalue weighted by Crippen LogP contribution is 2.46. The van der Waals surface area contributed by atoms with E-state index in [0.29, 0.717) is 22.4 Å². The van der Waals surface area contributed by atoms with Gasteiger partial charge in [-0.2, -0.15) is 9.78 Å². The monoisotopic (exact) mass is 492 g/mol. The zero-order chi connectivity index (χ0) is 25.6. The average Bonchev–Trinajstić information content (AvgIpc) is 3.58. The zero-order valence-corrected chi connectivity index (χ0v) is 20.4. The third kappa shape index (κ3) is 4.06. The summed E-state index contributed by atoms with van der Waals surface area (Å²) in [5.74, 6) is 0.317. The number of carbonyl (C=O) groups is 1. The van der Waals surface area contributed by atoms with Crippen molar-refractivity contribution < 1.29 is 4.79 Å². The molecular formula is C27H24N8O2. The zero-order valence-electron chi connectivity index (χ0n) is 20.4. The largest absolute Gasteiger partial charge is 0.340 e. The molecule has 37 heavy (non-hydrogen) atoms. The van der Waals surface area contributed by atoms with Gasteiger partial charge < -0.3 is 5.32 Å². The van der Waals surface area contributed by atoms with Crippen molar-refractivity contribution in [1.29, 1.82) is 0 Å². The number of benzene rings is 1. The third-order valence-electron chi connectivity index (χ3n) is 6.65.